The van der Waals surface area contributed by atoms with Crippen LogP contribution in [0.2, 0.25) is 0 Å². The number of cyclic esters (lactones) is 1. The number of carbonyl (C=O) groups is 1. The van der Waals surface area contributed by atoms with Crippen LogP contribution in [0.5, 0.6) is 0 Å². The molecule has 1 aliphatic rings. The lowest BCUT2D eigenvalue weighted by Crippen LogP contribution is -2.29. The van der Waals surface area contributed by atoms with Gasteiger partial charge in [0, 0.05) is 0 Å². The van der Waals surface area contributed by atoms with Gasteiger partial charge in [-0.3, -0.25) is 4.79 Å². The molecule has 2 rings (SSSR count). The van der Waals surface area contributed by atoms with Gasteiger partial charge in [0.15, 0.2) is 0 Å². The Kier molecular flexibility index (Phi) is 6.24. The normalized spacial score (nSPS) is 29.0. The fourth-order valence-electron chi connectivity index (χ4n) is 2.79. The first-order chi connectivity index (χ1) is 10.2. The van der Waals surface area contributed by atoms with Crippen molar-refractivity contribution in [1.29, 1.82) is 0 Å². The molecule has 0 radical (unpaired) electrons. The molecule has 0 amide bonds. The Labute approximate surface area is 128 Å². The summed E-state index contributed by atoms with van der Waals surface area (Å²) < 4.78 is 5.53. The second-order valence-electron chi connectivity index (χ2n) is 6.27. The summed E-state index contributed by atoms with van der Waals surface area (Å²) in [5, 5.41) is 3.53. The average Bonchev–Trinajstić information content (AvgIpc) is 2.51. The Hall–Kier alpha value is -1.35. The van der Waals surface area contributed by atoms with Gasteiger partial charge in [0.05, 0.1) is 12.0 Å². The number of hydrogen-bond donors (Lipinski definition) is 1. The summed E-state index contributed by atoms with van der Waals surface area (Å²) in [7, 11) is 0. The number of carbonyl (C=O) groups excluding carboxylic acids is 1. The minimum Gasteiger partial charge on any atom is -0.463 e. The summed E-state index contributed by atoms with van der Waals surface area (Å²) in [6, 6.07) is 10.3. The number of ether oxygens (including phenoxy) is 1. The predicted octanol–water partition coefficient (Wildman–Crippen LogP) is 3.71. The molecule has 1 fully saturated rings. The van der Waals surface area contributed by atoms with E-state index in [9.17, 15) is 4.79 Å². The summed E-state index contributed by atoms with van der Waals surface area (Å²) >= 11 is 0. The van der Waals surface area contributed by atoms with Gasteiger partial charge in [-0.2, -0.15) is 0 Å². The lowest BCUT2D eigenvalue weighted by atomic mass is 9.94. The standard InChI is InChI=1S/C18H27NO2/c1-14-7-6-12-19-17(16-8-4-3-5-9-16)13-21-18(20)15(2)11-10-14/h3-5,8-9,14-15,17,19H,6-7,10-13H2,1-2H3/t14-,15-,17?/m1/s1. The van der Waals surface area contributed by atoms with Gasteiger partial charge in [0.25, 0.3) is 0 Å². The Morgan fingerprint density at radius 3 is 2.62 bits per heavy atom. The highest BCUT2D eigenvalue weighted by Crippen LogP contribution is 2.20. The molecule has 116 valence electrons. The molecule has 1 N–H and O–H groups in total. The summed E-state index contributed by atoms with van der Waals surface area (Å²) in [6.07, 6.45) is 4.44. The highest BCUT2D eigenvalue weighted by molar-refractivity contribution is 5.71. The minimum atomic E-state index is -0.0643. The molecule has 0 aromatic heterocycles. The SMILES string of the molecule is C[C@@H]1CCCNC(c2ccccc2)COC(=O)[C@H](C)CC1. The molecule has 0 spiro atoms. The molecule has 3 atom stereocenters. The largest absolute Gasteiger partial charge is 0.463 e. The van der Waals surface area contributed by atoms with E-state index < -0.39 is 0 Å². The molecule has 0 saturated carbocycles. The van der Waals surface area contributed by atoms with E-state index in [-0.39, 0.29) is 17.9 Å². The van der Waals surface area contributed by atoms with Crippen molar-refractivity contribution >= 4 is 5.97 Å². The first-order valence-electron chi connectivity index (χ1n) is 8.11. The Balaban J connectivity index is 2.03. The van der Waals surface area contributed by atoms with Gasteiger partial charge in [0.1, 0.15) is 6.61 Å². The van der Waals surface area contributed by atoms with Crippen LogP contribution in [0.1, 0.15) is 51.1 Å². The smallest absolute Gasteiger partial charge is 0.308 e. The Bertz CT molecular complexity index is 432. The molecule has 3 nitrogen and oxygen atoms in total. The van der Waals surface area contributed by atoms with Crippen LogP contribution in [0.25, 0.3) is 0 Å². The highest BCUT2D eigenvalue weighted by Gasteiger charge is 2.20. The molecular formula is C18H27NO2. The third kappa shape index (κ3) is 5.16. The van der Waals surface area contributed by atoms with Crippen molar-refractivity contribution in [2.24, 2.45) is 11.8 Å². The third-order valence-electron chi connectivity index (χ3n) is 4.35. The van der Waals surface area contributed by atoms with E-state index in [0.717, 1.165) is 19.4 Å². The summed E-state index contributed by atoms with van der Waals surface area (Å²) in [4.78, 5) is 12.1. The fraction of sp³-hybridized carbons (Fsp3) is 0.611. The third-order valence-corrected chi connectivity index (χ3v) is 4.35. The number of benzene rings is 1. The fourth-order valence-corrected chi connectivity index (χ4v) is 2.79. The van der Waals surface area contributed by atoms with Gasteiger partial charge >= 0.3 is 5.97 Å². The van der Waals surface area contributed by atoms with E-state index >= 15 is 0 Å². The van der Waals surface area contributed by atoms with Crippen LogP contribution in [-0.2, 0) is 9.53 Å². The van der Waals surface area contributed by atoms with Crippen LogP contribution >= 0.6 is 0 Å². The maximum Gasteiger partial charge on any atom is 0.308 e. The van der Waals surface area contributed by atoms with Gasteiger partial charge in [-0.15, -0.1) is 0 Å². The van der Waals surface area contributed by atoms with E-state index in [2.05, 4.69) is 24.4 Å². The highest BCUT2D eigenvalue weighted by atomic mass is 16.5. The zero-order valence-corrected chi connectivity index (χ0v) is 13.2. The van der Waals surface area contributed by atoms with Crippen LogP contribution in [0.4, 0.5) is 0 Å². The second kappa shape index (κ2) is 8.18. The maximum absolute atomic E-state index is 12.1. The first-order valence-corrected chi connectivity index (χ1v) is 8.11. The Morgan fingerprint density at radius 2 is 1.86 bits per heavy atom. The van der Waals surface area contributed by atoms with Gasteiger partial charge in [-0.25, -0.2) is 0 Å². The van der Waals surface area contributed by atoms with Crippen molar-refractivity contribution in [3.63, 3.8) is 0 Å². The number of hydrogen-bond acceptors (Lipinski definition) is 3. The van der Waals surface area contributed by atoms with Crippen molar-refractivity contribution in [3.05, 3.63) is 35.9 Å². The summed E-state index contributed by atoms with van der Waals surface area (Å²) in [5.41, 5.74) is 1.18. The van der Waals surface area contributed by atoms with Gasteiger partial charge in [0.2, 0.25) is 0 Å². The summed E-state index contributed by atoms with van der Waals surface area (Å²) in [5.74, 6) is 0.616. The molecule has 1 aromatic rings. The van der Waals surface area contributed by atoms with E-state index in [4.69, 9.17) is 4.74 Å². The molecule has 1 unspecified atom stereocenters. The molecule has 1 aliphatic heterocycles. The lowest BCUT2D eigenvalue weighted by molar-refractivity contribution is -0.149. The van der Waals surface area contributed by atoms with Crippen LogP contribution < -0.4 is 5.32 Å². The maximum atomic E-state index is 12.1. The van der Waals surface area contributed by atoms with Crippen LogP contribution in [0.3, 0.4) is 0 Å². The molecule has 1 aromatic carbocycles. The quantitative estimate of drug-likeness (QED) is 0.801. The van der Waals surface area contributed by atoms with Gasteiger partial charge < -0.3 is 10.1 Å². The second-order valence-corrected chi connectivity index (χ2v) is 6.27. The topological polar surface area (TPSA) is 38.3 Å². The van der Waals surface area contributed by atoms with E-state index in [1.54, 1.807) is 0 Å². The van der Waals surface area contributed by atoms with Crippen LogP contribution in [-0.4, -0.2) is 19.1 Å². The van der Waals surface area contributed by atoms with Crippen molar-refractivity contribution in [3.8, 4) is 0 Å². The zero-order chi connectivity index (χ0) is 15.1. The van der Waals surface area contributed by atoms with Crippen LogP contribution in [0.15, 0.2) is 30.3 Å². The van der Waals surface area contributed by atoms with Crippen molar-refractivity contribution < 1.29 is 9.53 Å². The molecule has 3 heteroatoms. The zero-order valence-electron chi connectivity index (χ0n) is 13.2. The molecule has 1 heterocycles. The van der Waals surface area contributed by atoms with E-state index in [1.807, 2.05) is 25.1 Å². The number of nitrogens with one attached hydrogen (secondary N) is 1. The van der Waals surface area contributed by atoms with Crippen molar-refractivity contribution in [2.45, 2.75) is 45.6 Å². The molecular weight excluding hydrogens is 262 g/mol. The van der Waals surface area contributed by atoms with Gasteiger partial charge in [-0.1, -0.05) is 44.2 Å². The molecule has 0 aliphatic carbocycles. The van der Waals surface area contributed by atoms with Crippen LogP contribution in [0, 0.1) is 11.8 Å². The van der Waals surface area contributed by atoms with E-state index in [0.29, 0.717) is 12.5 Å². The monoisotopic (exact) mass is 289 g/mol. The number of esters is 1. The molecule has 1 saturated heterocycles. The molecule has 0 bridgehead atoms. The van der Waals surface area contributed by atoms with Crippen molar-refractivity contribution in [2.75, 3.05) is 13.2 Å². The Morgan fingerprint density at radius 1 is 1.10 bits per heavy atom. The first kappa shape index (κ1) is 16.0. The van der Waals surface area contributed by atoms with Gasteiger partial charge in [-0.05, 0) is 43.7 Å². The molecule has 21 heavy (non-hydrogen) atoms. The average molecular weight is 289 g/mol. The number of rotatable bonds is 1. The minimum absolute atomic E-state index is 0.00306. The van der Waals surface area contributed by atoms with Crippen molar-refractivity contribution in [1.82, 2.24) is 5.32 Å². The summed E-state index contributed by atoms with van der Waals surface area (Å²) in [6.45, 7) is 5.64. The lowest BCUT2D eigenvalue weighted by Gasteiger charge is -2.23. The van der Waals surface area contributed by atoms with E-state index in [1.165, 1.54) is 18.4 Å². The predicted molar refractivity (Wildman–Crippen MR) is 84.9 cm³/mol.